The van der Waals surface area contributed by atoms with Gasteiger partial charge in [0.15, 0.2) is 11.5 Å². The van der Waals surface area contributed by atoms with Gasteiger partial charge in [0, 0.05) is 31.7 Å². The SMILES string of the molecule is CCN1CCN(C(=O)c2cc(NC(=O)c3c(F)cccc3F)c(OC)c(OC)c2)CC1. The molecule has 1 N–H and O–H groups in total. The smallest absolute Gasteiger partial charge is 0.261 e. The minimum Gasteiger partial charge on any atom is -0.493 e. The third kappa shape index (κ3) is 4.77. The summed E-state index contributed by atoms with van der Waals surface area (Å²) in [6.07, 6.45) is 0. The van der Waals surface area contributed by atoms with Gasteiger partial charge in [-0.2, -0.15) is 0 Å². The maximum Gasteiger partial charge on any atom is 0.261 e. The molecule has 2 amide bonds. The van der Waals surface area contributed by atoms with E-state index in [1.165, 1.54) is 32.4 Å². The molecule has 0 unspecified atom stereocenters. The summed E-state index contributed by atoms with van der Waals surface area (Å²) >= 11 is 0. The van der Waals surface area contributed by atoms with Crippen LogP contribution in [0.3, 0.4) is 0 Å². The van der Waals surface area contributed by atoms with Crippen molar-refractivity contribution in [1.82, 2.24) is 9.80 Å². The van der Waals surface area contributed by atoms with Gasteiger partial charge in [-0.25, -0.2) is 8.78 Å². The highest BCUT2D eigenvalue weighted by atomic mass is 19.1. The third-order valence-corrected chi connectivity index (χ3v) is 5.27. The molecule has 0 bridgehead atoms. The minimum atomic E-state index is -1.00. The molecular formula is C22H25F2N3O4. The number of carbonyl (C=O) groups is 2. The van der Waals surface area contributed by atoms with E-state index in [4.69, 9.17) is 9.47 Å². The molecular weight excluding hydrogens is 408 g/mol. The summed E-state index contributed by atoms with van der Waals surface area (Å²) in [5, 5.41) is 2.45. The van der Waals surface area contributed by atoms with E-state index in [0.717, 1.165) is 31.8 Å². The maximum atomic E-state index is 14.0. The molecule has 1 saturated heterocycles. The Bertz CT molecular complexity index is 955. The Labute approximate surface area is 179 Å². The van der Waals surface area contributed by atoms with E-state index >= 15 is 0 Å². The molecule has 2 aromatic rings. The molecule has 9 heteroatoms. The highest BCUT2D eigenvalue weighted by molar-refractivity contribution is 6.07. The predicted molar refractivity (Wildman–Crippen MR) is 112 cm³/mol. The van der Waals surface area contributed by atoms with Crippen molar-refractivity contribution >= 4 is 17.5 Å². The van der Waals surface area contributed by atoms with Crippen molar-refractivity contribution in [3.05, 3.63) is 53.1 Å². The molecule has 31 heavy (non-hydrogen) atoms. The average molecular weight is 433 g/mol. The lowest BCUT2D eigenvalue weighted by Gasteiger charge is -2.34. The normalized spacial score (nSPS) is 14.3. The number of hydrogen-bond acceptors (Lipinski definition) is 5. The number of benzene rings is 2. The van der Waals surface area contributed by atoms with Gasteiger partial charge in [-0.1, -0.05) is 13.0 Å². The van der Waals surface area contributed by atoms with Crippen LogP contribution < -0.4 is 14.8 Å². The molecule has 0 aliphatic carbocycles. The zero-order valence-corrected chi connectivity index (χ0v) is 17.7. The summed E-state index contributed by atoms with van der Waals surface area (Å²) in [6.45, 7) is 5.67. The van der Waals surface area contributed by atoms with Gasteiger partial charge < -0.3 is 24.6 Å². The minimum absolute atomic E-state index is 0.0741. The summed E-state index contributed by atoms with van der Waals surface area (Å²) in [7, 11) is 2.76. The fraction of sp³-hybridized carbons (Fsp3) is 0.364. The quantitative estimate of drug-likeness (QED) is 0.759. The first kappa shape index (κ1) is 22.5. The van der Waals surface area contributed by atoms with E-state index in [9.17, 15) is 18.4 Å². The lowest BCUT2D eigenvalue weighted by Crippen LogP contribution is -2.48. The van der Waals surface area contributed by atoms with Crippen molar-refractivity contribution in [2.24, 2.45) is 0 Å². The Morgan fingerprint density at radius 3 is 2.23 bits per heavy atom. The molecule has 0 aromatic heterocycles. The molecule has 0 atom stereocenters. The number of nitrogens with one attached hydrogen (secondary N) is 1. The van der Waals surface area contributed by atoms with E-state index in [0.29, 0.717) is 13.1 Å². The number of ether oxygens (including phenoxy) is 2. The van der Waals surface area contributed by atoms with E-state index in [2.05, 4.69) is 17.1 Å². The van der Waals surface area contributed by atoms with Gasteiger partial charge in [-0.05, 0) is 30.8 Å². The van der Waals surface area contributed by atoms with Gasteiger partial charge in [-0.15, -0.1) is 0 Å². The van der Waals surface area contributed by atoms with E-state index in [1.807, 2.05) is 0 Å². The number of carbonyl (C=O) groups excluding carboxylic acids is 2. The van der Waals surface area contributed by atoms with Crippen molar-refractivity contribution < 1.29 is 27.8 Å². The first-order chi connectivity index (χ1) is 14.9. The number of nitrogens with zero attached hydrogens (tertiary/aromatic N) is 2. The predicted octanol–water partition coefficient (Wildman–Crippen LogP) is 3.01. The topological polar surface area (TPSA) is 71.1 Å². The maximum absolute atomic E-state index is 14.0. The zero-order chi connectivity index (χ0) is 22.5. The molecule has 0 radical (unpaired) electrons. The van der Waals surface area contributed by atoms with Crippen molar-refractivity contribution in [2.75, 3.05) is 52.3 Å². The largest absolute Gasteiger partial charge is 0.493 e. The van der Waals surface area contributed by atoms with Crippen LogP contribution in [0.2, 0.25) is 0 Å². The number of halogens is 2. The fourth-order valence-electron chi connectivity index (χ4n) is 3.53. The molecule has 3 rings (SSSR count). The summed E-state index contributed by atoms with van der Waals surface area (Å²) in [6, 6.07) is 6.10. The Kier molecular flexibility index (Phi) is 7.06. The summed E-state index contributed by atoms with van der Waals surface area (Å²) in [4.78, 5) is 29.6. The Hall–Kier alpha value is -3.20. The molecule has 0 saturated carbocycles. The number of likely N-dealkylation sites (N-methyl/N-ethyl adjacent to an activating group) is 1. The number of methoxy groups -OCH3 is 2. The van der Waals surface area contributed by atoms with E-state index in [1.54, 1.807) is 4.90 Å². The van der Waals surface area contributed by atoms with Crippen LogP contribution in [0.1, 0.15) is 27.6 Å². The van der Waals surface area contributed by atoms with Crippen LogP contribution in [0.15, 0.2) is 30.3 Å². The summed E-state index contributed by atoms with van der Waals surface area (Å²) < 4.78 is 38.7. The van der Waals surface area contributed by atoms with Crippen LogP contribution in [0.25, 0.3) is 0 Å². The van der Waals surface area contributed by atoms with Crippen molar-refractivity contribution in [3.63, 3.8) is 0 Å². The van der Waals surface area contributed by atoms with Crippen LogP contribution in [0, 0.1) is 11.6 Å². The molecule has 166 valence electrons. The highest BCUT2D eigenvalue weighted by Crippen LogP contribution is 2.37. The monoisotopic (exact) mass is 433 g/mol. The van der Waals surface area contributed by atoms with Crippen LogP contribution in [0.5, 0.6) is 11.5 Å². The number of anilines is 1. The van der Waals surface area contributed by atoms with Crippen molar-refractivity contribution in [3.8, 4) is 11.5 Å². The van der Waals surface area contributed by atoms with E-state index in [-0.39, 0.29) is 28.7 Å². The molecule has 1 heterocycles. The standard InChI is InChI=1S/C22H25F2N3O4/c1-4-26-8-10-27(11-9-26)22(29)14-12-17(20(31-3)18(13-14)30-2)25-21(28)19-15(23)6-5-7-16(19)24/h5-7,12-13H,4,8-11H2,1-3H3,(H,25,28). The van der Waals surface area contributed by atoms with E-state index < -0.39 is 23.1 Å². The Balaban J connectivity index is 1.93. The second-order valence-electron chi connectivity index (χ2n) is 7.04. The number of piperazine rings is 1. The van der Waals surface area contributed by atoms with Crippen molar-refractivity contribution in [1.29, 1.82) is 0 Å². The van der Waals surface area contributed by atoms with Gasteiger partial charge >= 0.3 is 0 Å². The van der Waals surface area contributed by atoms with Crippen LogP contribution in [0.4, 0.5) is 14.5 Å². The van der Waals surface area contributed by atoms with Gasteiger partial charge in [0.05, 0.1) is 19.9 Å². The van der Waals surface area contributed by atoms with Crippen LogP contribution in [-0.4, -0.2) is 68.6 Å². The molecule has 7 nitrogen and oxygen atoms in total. The van der Waals surface area contributed by atoms with Gasteiger partial charge in [-0.3, -0.25) is 9.59 Å². The highest BCUT2D eigenvalue weighted by Gasteiger charge is 2.25. The second kappa shape index (κ2) is 9.74. The molecule has 0 spiro atoms. The first-order valence-electron chi connectivity index (χ1n) is 9.92. The molecule has 1 fully saturated rings. The van der Waals surface area contributed by atoms with Crippen molar-refractivity contribution in [2.45, 2.75) is 6.92 Å². The first-order valence-corrected chi connectivity index (χ1v) is 9.92. The Morgan fingerprint density at radius 1 is 1.03 bits per heavy atom. The zero-order valence-electron chi connectivity index (χ0n) is 17.7. The summed E-state index contributed by atoms with van der Waals surface area (Å²) in [5.74, 6) is -2.87. The molecule has 2 aromatic carbocycles. The summed E-state index contributed by atoms with van der Waals surface area (Å²) in [5.41, 5.74) is -0.382. The fourth-order valence-corrected chi connectivity index (χ4v) is 3.53. The van der Waals surface area contributed by atoms with Gasteiger partial charge in [0.25, 0.3) is 11.8 Å². The number of rotatable bonds is 6. The third-order valence-electron chi connectivity index (χ3n) is 5.27. The number of hydrogen-bond donors (Lipinski definition) is 1. The molecule has 1 aliphatic heterocycles. The lowest BCUT2D eigenvalue weighted by atomic mass is 10.1. The molecule has 1 aliphatic rings. The lowest BCUT2D eigenvalue weighted by molar-refractivity contribution is 0.0643. The Morgan fingerprint density at radius 2 is 1.68 bits per heavy atom. The van der Waals surface area contributed by atoms with Gasteiger partial charge in [0.2, 0.25) is 0 Å². The second-order valence-corrected chi connectivity index (χ2v) is 7.04. The average Bonchev–Trinajstić information content (AvgIpc) is 2.77. The van der Waals surface area contributed by atoms with Crippen LogP contribution >= 0.6 is 0 Å². The van der Waals surface area contributed by atoms with Crippen LogP contribution in [-0.2, 0) is 0 Å². The van der Waals surface area contributed by atoms with Gasteiger partial charge in [0.1, 0.15) is 17.2 Å². The number of amides is 2.